The summed E-state index contributed by atoms with van der Waals surface area (Å²) in [6, 6.07) is 15.2. The number of hydrogen-bond acceptors (Lipinski definition) is 3. The van der Waals surface area contributed by atoms with Gasteiger partial charge in [0.25, 0.3) is 5.91 Å². The Hall–Kier alpha value is -3.08. The number of para-hydroxylation sites is 1. The quantitative estimate of drug-likeness (QED) is 0.767. The number of fused-ring (bicyclic) bond motifs is 2. The summed E-state index contributed by atoms with van der Waals surface area (Å²) in [5, 5.41) is 3.57. The molecule has 1 aliphatic carbocycles. The Morgan fingerprint density at radius 1 is 1.08 bits per heavy atom. The van der Waals surface area contributed by atoms with E-state index in [1.165, 1.54) is 5.56 Å². The first-order valence-electron chi connectivity index (χ1n) is 8.35. The Kier molecular flexibility index (Phi) is 3.76. The number of nitrogens with one attached hydrogen (secondary N) is 1. The SMILES string of the molecule is NC(=O)c1oc2ccccc2c1NC(=O)[C@H]1CCCc2ccccc21. The number of amides is 2. The van der Waals surface area contributed by atoms with Gasteiger partial charge in [-0.05, 0) is 42.5 Å². The molecule has 1 aromatic heterocycles. The zero-order valence-electron chi connectivity index (χ0n) is 13.6. The van der Waals surface area contributed by atoms with Gasteiger partial charge in [0, 0.05) is 5.39 Å². The van der Waals surface area contributed by atoms with Crippen LogP contribution in [-0.4, -0.2) is 11.8 Å². The standard InChI is InChI=1S/C20H18N2O3/c21-19(23)18-17(15-9-3-4-11-16(15)25-18)22-20(24)14-10-5-7-12-6-1-2-8-13(12)14/h1-4,6,8-9,11,14H,5,7,10H2,(H2,21,23)(H,22,24)/t14-/m0/s1. The zero-order chi connectivity index (χ0) is 17.4. The van der Waals surface area contributed by atoms with Gasteiger partial charge in [0.2, 0.25) is 11.7 Å². The molecule has 2 aromatic carbocycles. The van der Waals surface area contributed by atoms with E-state index in [9.17, 15) is 9.59 Å². The van der Waals surface area contributed by atoms with Crippen molar-refractivity contribution in [1.29, 1.82) is 0 Å². The number of nitrogens with two attached hydrogens (primary N) is 1. The summed E-state index contributed by atoms with van der Waals surface area (Å²) in [5.74, 6) is -1.09. The second-order valence-corrected chi connectivity index (χ2v) is 6.30. The van der Waals surface area contributed by atoms with Crippen molar-refractivity contribution in [3.8, 4) is 0 Å². The topological polar surface area (TPSA) is 85.3 Å². The van der Waals surface area contributed by atoms with Crippen LogP contribution in [0.25, 0.3) is 11.0 Å². The number of rotatable bonds is 3. The lowest BCUT2D eigenvalue weighted by atomic mass is 9.82. The van der Waals surface area contributed by atoms with Crippen LogP contribution in [0.2, 0.25) is 0 Å². The van der Waals surface area contributed by atoms with Crippen LogP contribution in [0.15, 0.2) is 52.9 Å². The number of hydrogen-bond donors (Lipinski definition) is 2. The lowest BCUT2D eigenvalue weighted by molar-refractivity contribution is -0.117. The van der Waals surface area contributed by atoms with Gasteiger partial charge in [-0.2, -0.15) is 0 Å². The van der Waals surface area contributed by atoms with Gasteiger partial charge in [-0.3, -0.25) is 9.59 Å². The first kappa shape index (κ1) is 15.4. The van der Waals surface area contributed by atoms with Crippen molar-refractivity contribution >= 4 is 28.5 Å². The molecular formula is C20H18N2O3. The molecule has 4 rings (SSSR count). The Bertz CT molecular complexity index is 974. The molecule has 1 heterocycles. The molecule has 25 heavy (non-hydrogen) atoms. The molecule has 1 atom stereocenters. The second kappa shape index (κ2) is 6.09. The fraction of sp³-hybridized carbons (Fsp3) is 0.200. The number of furan rings is 1. The highest BCUT2D eigenvalue weighted by Gasteiger charge is 2.28. The molecule has 1 aliphatic rings. The number of aryl methyl sites for hydroxylation is 1. The number of carbonyl (C=O) groups is 2. The molecule has 0 saturated carbocycles. The van der Waals surface area contributed by atoms with Crippen molar-refractivity contribution in [2.75, 3.05) is 5.32 Å². The summed E-state index contributed by atoms with van der Waals surface area (Å²) in [7, 11) is 0. The van der Waals surface area contributed by atoms with E-state index in [-0.39, 0.29) is 17.6 Å². The molecular weight excluding hydrogens is 316 g/mol. The molecule has 3 aromatic rings. The Morgan fingerprint density at radius 2 is 1.84 bits per heavy atom. The van der Waals surface area contributed by atoms with E-state index < -0.39 is 5.91 Å². The predicted octanol–water partition coefficient (Wildman–Crippen LogP) is 3.59. The maximum atomic E-state index is 12.9. The fourth-order valence-corrected chi connectivity index (χ4v) is 3.58. The predicted molar refractivity (Wildman–Crippen MR) is 95.5 cm³/mol. The number of carbonyl (C=O) groups excluding carboxylic acids is 2. The maximum absolute atomic E-state index is 12.9. The molecule has 3 N–H and O–H groups in total. The van der Waals surface area contributed by atoms with Gasteiger partial charge in [0.15, 0.2) is 0 Å². The summed E-state index contributed by atoms with van der Waals surface area (Å²) >= 11 is 0. The van der Waals surface area contributed by atoms with Crippen LogP contribution in [0.1, 0.15) is 40.4 Å². The molecule has 0 spiro atoms. The third-order valence-electron chi connectivity index (χ3n) is 4.75. The van der Waals surface area contributed by atoms with Gasteiger partial charge in [-0.15, -0.1) is 0 Å². The van der Waals surface area contributed by atoms with E-state index in [4.69, 9.17) is 10.2 Å². The lowest BCUT2D eigenvalue weighted by Gasteiger charge is -2.24. The summed E-state index contributed by atoms with van der Waals surface area (Å²) < 4.78 is 5.53. The van der Waals surface area contributed by atoms with Crippen molar-refractivity contribution in [2.24, 2.45) is 5.73 Å². The molecule has 126 valence electrons. The summed E-state index contributed by atoms with van der Waals surface area (Å²) in [6.45, 7) is 0. The Labute approximate surface area is 144 Å². The highest BCUT2D eigenvalue weighted by atomic mass is 16.3. The van der Waals surface area contributed by atoms with Gasteiger partial charge < -0.3 is 15.5 Å². The van der Waals surface area contributed by atoms with E-state index in [2.05, 4.69) is 11.4 Å². The lowest BCUT2D eigenvalue weighted by Crippen LogP contribution is -2.25. The van der Waals surface area contributed by atoms with Gasteiger partial charge in [0.05, 0.1) is 5.92 Å². The normalized spacial score (nSPS) is 16.4. The summed E-state index contributed by atoms with van der Waals surface area (Å²) in [6.07, 6.45) is 2.73. The minimum absolute atomic E-state index is 0.0151. The van der Waals surface area contributed by atoms with Crippen molar-refractivity contribution in [2.45, 2.75) is 25.2 Å². The first-order valence-corrected chi connectivity index (χ1v) is 8.35. The van der Waals surface area contributed by atoms with Gasteiger partial charge in [-0.25, -0.2) is 0 Å². The van der Waals surface area contributed by atoms with Crippen LogP contribution in [0.5, 0.6) is 0 Å². The van der Waals surface area contributed by atoms with Crippen LogP contribution in [0.4, 0.5) is 5.69 Å². The highest BCUT2D eigenvalue weighted by Crippen LogP contribution is 2.35. The third kappa shape index (κ3) is 2.67. The van der Waals surface area contributed by atoms with E-state index in [0.717, 1.165) is 24.8 Å². The number of primary amides is 1. The Morgan fingerprint density at radius 3 is 2.68 bits per heavy atom. The average Bonchev–Trinajstić information content (AvgIpc) is 3.00. The molecule has 5 nitrogen and oxygen atoms in total. The first-order chi connectivity index (χ1) is 12.1. The minimum Gasteiger partial charge on any atom is -0.449 e. The molecule has 0 fully saturated rings. The van der Waals surface area contributed by atoms with Crippen LogP contribution in [0.3, 0.4) is 0 Å². The summed E-state index contributed by atoms with van der Waals surface area (Å²) in [4.78, 5) is 24.7. The number of anilines is 1. The van der Waals surface area contributed by atoms with Crippen molar-refractivity contribution in [1.82, 2.24) is 0 Å². The van der Waals surface area contributed by atoms with Crippen molar-refractivity contribution in [3.05, 3.63) is 65.4 Å². The molecule has 0 unspecified atom stereocenters. The Balaban J connectivity index is 1.72. The smallest absolute Gasteiger partial charge is 0.286 e. The molecule has 2 amide bonds. The summed E-state index contributed by atoms with van der Waals surface area (Å²) in [5.41, 5.74) is 8.57. The second-order valence-electron chi connectivity index (χ2n) is 6.30. The molecule has 0 radical (unpaired) electrons. The minimum atomic E-state index is -0.699. The van der Waals surface area contributed by atoms with Crippen molar-refractivity contribution in [3.63, 3.8) is 0 Å². The maximum Gasteiger partial charge on any atom is 0.286 e. The van der Waals surface area contributed by atoms with Crippen molar-refractivity contribution < 1.29 is 14.0 Å². The molecule has 0 aliphatic heterocycles. The molecule has 5 heteroatoms. The van der Waals surface area contributed by atoms with E-state index >= 15 is 0 Å². The van der Waals surface area contributed by atoms with E-state index in [1.807, 2.05) is 24.3 Å². The number of benzene rings is 2. The van der Waals surface area contributed by atoms with Crippen LogP contribution in [0, 0.1) is 0 Å². The fourth-order valence-electron chi connectivity index (χ4n) is 3.58. The van der Waals surface area contributed by atoms with Gasteiger partial charge in [0.1, 0.15) is 11.3 Å². The largest absolute Gasteiger partial charge is 0.449 e. The molecule has 0 saturated heterocycles. The van der Waals surface area contributed by atoms with E-state index in [0.29, 0.717) is 16.7 Å². The monoisotopic (exact) mass is 334 g/mol. The zero-order valence-corrected chi connectivity index (χ0v) is 13.6. The average molecular weight is 334 g/mol. The van der Waals surface area contributed by atoms with Gasteiger partial charge >= 0.3 is 0 Å². The highest BCUT2D eigenvalue weighted by molar-refractivity contribution is 6.11. The third-order valence-corrected chi connectivity index (χ3v) is 4.75. The molecule has 0 bridgehead atoms. The van der Waals surface area contributed by atoms with E-state index in [1.54, 1.807) is 18.2 Å². The van der Waals surface area contributed by atoms with Gasteiger partial charge in [-0.1, -0.05) is 36.4 Å². The van der Waals surface area contributed by atoms with Crippen LogP contribution < -0.4 is 11.1 Å². The van der Waals surface area contributed by atoms with Crippen LogP contribution in [-0.2, 0) is 11.2 Å². The van der Waals surface area contributed by atoms with Crippen LogP contribution >= 0.6 is 0 Å².